The second kappa shape index (κ2) is 6.28. The fourth-order valence-corrected chi connectivity index (χ4v) is 1.12. The average molecular weight is 269 g/mol. The van der Waals surface area contributed by atoms with Gasteiger partial charge in [-0.2, -0.15) is 0 Å². The van der Waals surface area contributed by atoms with Crippen molar-refractivity contribution in [2.45, 2.75) is 6.42 Å². The number of carbonyl (C=O) groups excluding carboxylic acids is 2. The summed E-state index contributed by atoms with van der Waals surface area (Å²) in [6.45, 7) is 0. The molecule has 9 heteroatoms. The maximum atomic E-state index is 11.4. The molecular weight excluding hydrogens is 258 g/mol. The Morgan fingerprint density at radius 1 is 1.26 bits per heavy atom. The number of hydrogen-bond acceptors (Lipinski definition) is 7. The number of hydrogen-bond donors (Lipinski definition) is 2. The third-order valence-corrected chi connectivity index (χ3v) is 2.02. The topological polar surface area (TPSA) is 131 Å². The summed E-state index contributed by atoms with van der Waals surface area (Å²) >= 11 is 0. The Morgan fingerprint density at radius 2 is 1.95 bits per heavy atom. The molecule has 1 heterocycles. The van der Waals surface area contributed by atoms with Gasteiger partial charge in [-0.15, -0.1) is 0 Å². The lowest BCUT2D eigenvalue weighted by atomic mass is 10.2. The van der Waals surface area contributed by atoms with Gasteiger partial charge in [-0.1, -0.05) is 0 Å². The van der Waals surface area contributed by atoms with Crippen molar-refractivity contribution in [3.63, 3.8) is 0 Å². The number of nitrogens with one attached hydrogen (secondary N) is 2. The molecule has 0 aromatic carbocycles. The summed E-state index contributed by atoms with van der Waals surface area (Å²) in [6, 6.07) is 0. The first kappa shape index (κ1) is 14.4. The molecule has 19 heavy (non-hydrogen) atoms. The number of ether oxygens (including phenoxy) is 2. The first-order chi connectivity index (χ1) is 8.97. The van der Waals surface area contributed by atoms with Crippen LogP contribution in [0.5, 0.6) is 0 Å². The van der Waals surface area contributed by atoms with Crippen molar-refractivity contribution < 1.29 is 19.1 Å². The Hall–Kier alpha value is -2.71. The van der Waals surface area contributed by atoms with E-state index in [2.05, 4.69) is 19.5 Å². The molecule has 0 aliphatic heterocycles. The van der Waals surface area contributed by atoms with Crippen molar-refractivity contribution in [2.75, 3.05) is 14.2 Å². The zero-order chi connectivity index (χ0) is 14.4. The van der Waals surface area contributed by atoms with E-state index in [0.717, 1.165) is 20.4 Å². The van der Waals surface area contributed by atoms with Crippen LogP contribution in [-0.2, 0) is 19.1 Å². The zero-order valence-corrected chi connectivity index (χ0v) is 10.2. The maximum absolute atomic E-state index is 11.4. The Bertz CT molecular complexity index is 627. The summed E-state index contributed by atoms with van der Waals surface area (Å²) in [6.07, 6.45) is 0.559. The SMILES string of the molecule is COC(=O)CC(=Nc1c[nH]c(=O)[nH]c1=O)C(=O)OC. The second-order valence-corrected chi connectivity index (χ2v) is 3.26. The van der Waals surface area contributed by atoms with Crippen LogP contribution in [0, 0.1) is 0 Å². The van der Waals surface area contributed by atoms with Crippen LogP contribution in [0.15, 0.2) is 20.8 Å². The van der Waals surface area contributed by atoms with Crippen LogP contribution in [0.4, 0.5) is 5.69 Å². The van der Waals surface area contributed by atoms with Gasteiger partial charge in [-0.05, 0) is 0 Å². The predicted molar refractivity (Wildman–Crippen MR) is 63.4 cm³/mol. The van der Waals surface area contributed by atoms with Crippen molar-refractivity contribution >= 4 is 23.3 Å². The number of H-pyrrole nitrogens is 2. The van der Waals surface area contributed by atoms with Crippen molar-refractivity contribution in [2.24, 2.45) is 4.99 Å². The van der Waals surface area contributed by atoms with Gasteiger partial charge in [-0.25, -0.2) is 14.6 Å². The number of nitrogens with zero attached hydrogens (tertiary/aromatic N) is 1. The summed E-state index contributed by atoms with van der Waals surface area (Å²) < 4.78 is 8.82. The maximum Gasteiger partial charge on any atom is 0.353 e. The standard InChI is InChI=1S/C10H11N3O6/c1-18-7(14)3-5(9(16)19-2)12-6-4-11-10(17)13-8(6)15/h4H,3H2,1-2H3,(H2,11,13,15,17). The zero-order valence-electron chi connectivity index (χ0n) is 10.2. The number of carbonyl (C=O) groups is 2. The minimum atomic E-state index is -0.879. The van der Waals surface area contributed by atoms with Crippen LogP contribution >= 0.6 is 0 Å². The first-order valence-electron chi connectivity index (χ1n) is 5.02. The van der Waals surface area contributed by atoms with Gasteiger partial charge in [0.1, 0.15) is 11.4 Å². The molecule has 2 N–H and O–H groups in total. The van der Waals surface area contributed by atoms with Crippen LogP contribution in [0.25, 0.3) is 0 Å². The lowest BCUT2D eigenvalue weighted by Gasteiger charge is -2.03. The molecule has 102 valence electrons. The van der Waals surface area contributed by atoms with E-state index in [9.17, 15) is 19.2 Å². The molecule has 0 spiro atoms. The van der Waals surface area contributed by atoms with Gasteiger partial charge in [0.15, 0.2) is 0 Å². The van der Waals surface area contributed by atoms with Gasteiger partial charge in [-0.3, -0.25) is 14.6 Å². The number of aromatic amines is 2. The quantitative estimate of drug-likeness (QED) is 0.525. The summed E-state index contributed by atoms with van der Waals surface area (Å²) in [5, 5.41) is 0. The molecule has 0 saturated carbocycles. The van der Waals surface area contributed by atoms with E-state index in [1.165, 1.54) is 0 Å². The van der Waals surface area contributed by atoms with Crippen LogP contribution in [0.2, 0.25) is 0 Å². The van der Waals surface area contributed by atoms with E-state index >= 15 is 0 Å². The van der Waals surface area contributed by atoms with E-state index in [1.54, 1.807) is 0 Å². The highest BCUT2D eigenvalue weighted by Gasteiger charge is 2.17. The Labute approximate surface area is 106 Å². The van der Waals surface area contributed by atoms with Crippen LogP contribution in [0.3, 0.4) is 0 Å². The van der Waals surface area contributed by atoms with Gasteiger partial charge >= 0.3 is 17.6 Å². The lowest BCUT2D eigenvalue weighted by molar-refractivity contribution is -0.140. The highest BCUT2D eigenvalue weighted by Crippen LogP contribution is 2.04. The van der Waals surface area contributed by atoms with E-state index in [0.29, 0.717) is 0 Å². The second-order valence-electron chi connectivity index (χ2n) is 3.26. The molecule has 0 aliphatic carbocycles. The summed E-state index contributed by atoms with van der Waals surface area (Å²) in [7, 11) is 2.25. The number of esters is 2. The van der Waals surface area contributed by atoms with Crippen LogP contribution in [-0.4, -0.2) is 41.8 Å². The van der Waals surface area contributed by atoms with Crippen molar-refractivity contribution in [3.8, 4) is 0 Å². The summed E-state index contributed by atoms with van der Waals surface area (Å²) in [5.41, 5.74) is -2.05. The van der Waals surface area contributed by atoms with E-state index < -0.39 is 29.6 Å². The Morgan fingerprint density at radius 3 is 2.47 bits per heavy atom. The molecule has 0 fully saturated rings. The molecule has 0 atom stereocenters. The smallest absolute Gasteiger partial charge is 0.353 e. The normalized spacial score (nSPS) is 10.9. The molecular formula is C10H11N3O6. The van der Waals surface area contributed by atoms with E-state index in [4.69, 9.17) is 0 Å². The molecule has 0 amide bonds. The van der Waals surface area contributed by atoms with Gasteiger partial charge in [0.25, 0.3) is 5.56 Å². The van der Waals surface area contributed by atoms with Crippen molar-refractivity contribution in [1.82, 2.24) is 9.97 Å². The predicted octanol–water partition coefficient (Wildman–Crippen LogP) is -1.13. The molecule has 0 saturated heterocycles. The van der Waals surface area contributed by atoms with Crippen molar-refractivity contribution in [3.05, 3.63) is 27.0 Å². The number of rotatable bonds is 4. The van der Waals surface area contributed by atoms with Crippen LogP contribution < -0.4 is 11.2 Å². The molecule has 9 nitrogen and oxygen atoms in total. The van der Waals surface area contributed by atoms with E-state index in [1.807, 2.05) is 4.98 Å². The number of aliphatic imine (C=N–C) groups is 1. The summed E-state index contributed by atoms with van der Waals surface area (Å²) in [4.78, 5) is 52.5. The third kappa shape index (κ3) is 3.91. The lowest BCUT2D eigenvalue weighted by Crippen LogP contribution is -2.23. The average Bonchev–Trinajstić information content (AvgIpc) is 2.39. The first-order valence-corrected chi connectivity index (χ1v) is 5.02. The van der Waals surface area contributed by atoms with Gasteiger partial charge in [0.05, 0.1) is 20.6 Å². The fourth-order valence-electron chi connectivity index (χ4n) is 1.12. The number of methoxy groups -OCH3 is 2. The van der Waals surface area contributed by atoms with Gasteiger partial charge in [0.2, 0.25) is 0 Å². The molecule has 1 aromatic rings. The third-order valence-electron chi connectivity index (χ3n) is 2.02. The highest BCUT2D eigenvalue weighted by molar-refractivity contribution is 6.39. The minimum Gasteiger partial charge on any atom is -0.469 e. The molecule has 0 aliphatic rings. The molecule has 0 bridgehead atoms. The minimum absolute atomic E-state index is 0.232. The molecule has 1 aromatic heterocycles. The monoisotopic (exact) mass is 269 g/mol. The summed E-state index contributed by atoms with van der Waals surface area (Å²) in [5.74, 6) is -1.60. The largest absolute Gasteiger partial charge is 0.469 e. The molecule has 0 radical (unpaired) electrons. The van der Waals surface area contributed by atoms with Gasteiger partial charge < -0.3 is 14.5 Å². The van der Waals surface area contributed by atoms with E-state index in [-0.39, 0.29) is 11.4 Å². The van der Waals surface area contributed by atoms with Crippen molar-refractivity contribution in [1.29, 1.82) is 0 Å². The number of aromatic nitrogens is 2. The molecule has 1 rings (SSSR count). The Kier molecular flexibility index (Phi) is 4.75. The van der Waals surface area contributed by atoms with Gasteiger partial charge in [0, 0.05) is 6.20 Å². The fraction of sp³-hybridized carbons (Fsp3) is 0.300. The highest BCUT2D eigenvalue weighted by atomic mass is 16.5. The Balaban J connectivity index is 3.19. The van der Waals surface area contributed by atoms with Crippen LogP contribution in [0.1, 0.15) is 6.42 Å². The molecule has 0 unspecified atom stereocenters.